The van der Waals surface area contributed by atoms with Crippen LogP contribution in [0.25, 0.3) is 22.3 Å². The number of rotatable bonds is 5. The second-order valence-electron chi connectivity index (χ2n) is 8.11. The number of fused-ring (bicyclic) bond motifs is 1. The highest BCUT2D eigenvalue weighted by molar-refractivity contribution is 5.98. The Morgan fingerprint density at radius 1 is 0.968 bits per heavy atom. The third-order valence-electron chi connectivity index (χ3n) is 5.87. The zero-order valence-corrected chi connectivity index (χ0v) is 17.3. The molecule has 5 rings (SSSR count). The molecular formula is C24H25FN6. The lowest BCUT2D eigenvalue weighted by molar-refractivity contribution is 0.461. The van der Waals surface area contributed by atoms with Crippen LogP contribution in [0.15, 0.2) is 54.6 Å². The molecule has 4 aromatic rings. The van der Waals surface area contributed by atoms with E-state index in [-0.39, 0.29) is 5.82 Å². The Bertz CT molecular complexity index is 1180. The Balaban J connectivity index is 1.60. The summed E-state index contributed by atoms with van der Waals surface area (Å²) < 4.78 is 15.3. The van der Waals surface area contributed by atoms with Crippen molar-refractivity contribution in [3.05, 3.63) is 66.0 Å². The van der Waals surface area contributed by atoms with Crippen molar-refractivity contribution in [2.24, 2.45) is 0 Å². The monoisotopic (exact) mass is 416 g/mol. The molecule has 3 N–H and O–H groups in total. The fourth-order valence-electron chi connectivity index (χ4n) is 4.24. The molecule has 0 spiro atoms. The van der Waals surface area contributed by atoms with E-state index in [1.165, 1.54) is 31.4 Å². The molecule has 2 aromatic heterocycles. The Hall–Kier alpha value is -3.48. The number of hydrogen-bond acceptors (Lipinski definition) is 5. The summed E-state index contributed by atoms with van der Waals surface area (Å²) in [5.74, 6) is 0.757. The van der Waals surface area contributed by atoms with Crippen LogP contribution in [0.1, 0.15) is 37.7 Å². The molecule has 2 aromatic carbocycles. The average molecular weight is 417 g/mol. The number of halogens is 1. The van der Waals surface area contributed by atoms with Crippen molar-refractivity contribution < 1.29 is 4.39 Å². The summed E-state index contributed by atoms with van der Waals surface area (Å²) in [6, 6.07) is 16.7. The number of nitrogens with one attached hydrogen (secondary N) is 1. The number of anilines is 2. The number of hydrogen-bond donors (Lipinski definition) is 2. The van der Waals surface area contributed by atoms with Crippen molar-refractivity contribution in [2.75, 3.05) is 11.1 Å². The molecule has 0 radical (unpaired) electrons. The highest BCUT2D eigenvalue weighted by Crippen LogP contribution is 2.32. The number of nitrogens with two attached hydrogens (primary N) is 1. The maximum absolute atomic E-state index is 13.5. The summed E-state index contributed by atoms with van der Waals surface area (Å²) in [5.41, 5.74) is 9.60. The van der Waals surface area contributed by atoms with Crippen molar-refractivity contribution in [1.29, 1.82) is 0 Å². The molecule has 0 amide bonds. The zero-order valence-electron chi connectivity index (χ0n) is 17.3. The van der Waals surface area contributed by atoms with Gasteiger partial charge in [-0.05, 0) is 42.7 Å². The highest BCUT2D eigenvalue weighted by Gasteiger charge is 2.20. The molecule has 1 fully saturated rings. The Morgan fingerprint density at radius 2 is 1.71 bits per heavy atom. The van der Waals surface area contributed by atoms with Gasteiger partial charge in [0.1, 0.15) is 11.6 Å². The molecule has 1 aliphatic rings. The molecule has 1 aliphatic carbocycles. The standard InChI is InChI=1S/C24H25FN6/c25-18-13-11-17(12-14-18)21-20-22(26)31(15-16-7-3-1-4-8-16)30-23(20)29-24(28-21)27-19-9-5-2-6-10-19/h1,3-4,7-8,11-14,19H,2,5-6,9-10,15,26H2,(H,27,29,30). The van der Waals surface area contributed by atoms with Crippen molar-refractivity contribution in [1.82, 2.24) is 19.7 Å². The summed E-state index contributed by atoms with van der Waals surface area (Å²) >= 11 is 0. The molecule has 0 bridgehead atoms. The van der Waals surface area contributed by atoms with Crippen molar-refractivity contribution in [2.45, 2.75) is 44.7 Å². The van der Waals surface area contributed by atoms with Crippen LogP contribution >= 0.6 is 0 Å². The SMILES string of the molecule is Nc1c2c(-c3ccc(F)cc3)nc(NC3CCCCC3)nc2nn1Cc1ccccc1. The van der Waals surface area contributed by atoms with Gasteiger partial charge in [0.15, 0.2) is 5.65 Å². The van der Waals surface area contributed by atoms with Crippen LogP contribution < -0.4 is 11.1 Å². The molecule has 158 valence electrons. The average Bonchev–Trinajstić information content (AvgIpc) is 3.10. The number of aromatic nitrogens is 4. The first-order valence-corrected chi connectivity index (χ1v) is 10.8. The summed E-state index contributed by atoms with van der Waals surface area (Å²) in [4.78, 5) is 9.49. The molecule has 0 atom stereocenters. The van der Waals surface area contributed by atoms with Gasteiger partial charge in [0.25, 0.3) is 0 Å². The van der Waals surface area contributed by atoms with Gasteiger partial charge in [-0.25, -0.2) is 14.1 Å². The molecule has 0 aliphatic heterocycles. The first-order valence-electron chi connectivity index (χ1n) is 10.8. The second kappa shape index (κ2) is 8.34. The summed E-state index contributed by atoms with van der Waals surface area (Å²) in [7, 11) is 0. The molecule has 0 saturated heterocycles. The molecule has 31 heavy (non-hydrogen) atoms. The van der Waals surface area contributed by atoms with E-state index in [4.69, 9.17) is 15.8 Å². The minimum absolute atomic E-state index is 0.289. The molecule has 7 heteroatoms. The summed E-state index contributed by atoms with van der Waals surface area (Å²) in [6.07, 6.45) is 5.92. The van der Waals surface area contributed by atoms with E-state index in [1.54, 1.807) is 16.8 Å². The molecular weight excluding hydrogens is 391 g/mol. The van der Waals surface area contributed by atoms with Gasteiger partial charge in [-0.15, -0.1) is 5.10 Å². The summed E-state index contributed by atoms with van der Waals surface area (Å²) in [5, 5.41) is 8.87. The van der Waals surface area contributed by atoms with Crippen LogP contribution in [0.2, 0.25) is 0 Å². The number of nitrogens with zero attached hydrogens (tertiary/aromatic N) is 4. The van der Waals surface area contributed by atoms with E-state index < -0.39 is 0 Å². The lowest BCUT2D eigenvalue weighted by Gasteiger charge is -2.22. The van der Waals surface area contributed by atoms with Gasteiger partial charge in [0.2, 0.25) is 5.95 Å². The topological polar surface area (TPSA) is 81.7 Å². The van der Waals surface area contributed by atoms with Gasteiger partial charge in [0, 0.05) is 11.6 Å². The van der Waals surface area contributed by atoms with Crippen LogP contribution in [-0.2, 0) is 6.54 Å². The van der Waals surface area contributed by atoms with E-state index in [2.05, 4.69) is 10.3 Å². The largest absolute Gasteiger partial charge is 0.383 e. The van der Waals surface area contributed by atoms with Gasteiger partial charge in [-0.1, -0.05) is 49.6 Å². The van der Waals surface area contributed by atoms with Crippen molar-refractivity contribution in [3.8, 4) is 11.3 Å². The lowest BCUT2D eigenvalue weighted by atomic mass is 9.96. The lowest BCUT2D eigenvalue weighted by Crippen LogP contribution is -2.23. The molecule has 6 nitrogen and oxygen atoms in total. The van der Waals surface area contributed by atoms with Crippen LogP contribution in [-0.4, -0.2) is 25.8 Å². The van der Waals surface area contributed by atoms with Crippen LogP contribution in [0.3, 0.4) is 0 Å². The van der Waals surface area contributed by atoms with Gasteiger partial charge in [0.05, 0.1) is 17.6 Å². The van der Waals surface area contributed by atoms with E-state index in [9.17, 15) is 4.39 Å². The van der Waals surface area contributed by atoms with Gasteiger partial charge in [-0.3, -0.25) is 0 Å². The highest BCUT2D eigenvalue weighted by atomic mass is 19.1. The van der Waals surface area contributed by atoms with Gasteiger partial charge >= 0.3 is 0 Å². The van der Waals surface area contributed by atoms with E-state index >= 15 is 0 Å². The molecule has 0 unspecified atom stereocenters. The van der Waals surface area contributed by atoms with Crippen LogP contribution in [0.4, 0.5) is 16.2 Å². The van der Waals surface area contributed by atoms with E-state index in [1.807, 2.05) is 30.3 Å². The maximum Gasteiger partial charge on any atom is 0.225 e. The molecule has 1 saturated carbocycles. The minimum Gasteiger partial charge on any atom is -0.383 e. The molecule has 2 heterocycles. The third kappa shape index (κ3) is 4.08. The van der Waals surface area contributed by atoms with Gasteiger partial charge < -0.3 is 11.1 Å². The Kier molecular flexibility index (Phi) is 5.24. The summed E-state index contributed by atoms with van der Waals surface area (Å²) in [6.45, 7) is 0.539. The number of nitrogen functional groups attached to an aromatic ring is 1. The predicted molar refractivity (Wildman–Crippen MR) is 121 cm³/mol. The first kappa shape index (κ1) is 19.5. The van der Waals surface area contributed by atoms with Crippen molar-refractivity contribution >= 4 is 22.8 Å². The third-order valence-corrected chi connectivity index (χ3v) is 5.87. The normalized spacial score (nSPS) is 14.7. The van der Waals surface area contributed by atoms with Crippen molar-refractivity contribution in [3.63, 3.8) is 0 Å². The zero-order chi connectivity index (χ0) is 21.2. The van der Waals surface area contributed by atoms with E-state index in [0.29, 0.717) is 41.1 Å². The Morgan fingerprint density at radius 3 is 2.45 bits per heavy atom. The van der Waals surface area contributed by atoms with Gasteiger partial charge in [-0.2, -0.15) is 4.98 Å². The Labute approximate surface area is 180 Å². The minimum atomic E-state index is -0.289. The van der Waals surface area contributed by atoms with Crippen LogP contribution in [0.5, 0.6) is 0 Å². The smallest absolute Gasteiger partial charge is 0.225 e. The second-order valence-corrected chi connectivity index (χ2v) is 8.11. The van der Waals surface area contributed by atoms with Crippen LogP contribution in [0, 0.1) is 5.82 Å². The quantitative estimate of drug-likeness (QED) is 0.478. The first-order chi connectivity index (χ1) is 15.2. The maximum atomic E-state index is 13.5. The van der Waals surface area contributed by atoms with E-state index in [0.717, 1.165) is 24.0 Å². The fourth-order valence-corrected chi connectivity index (χ4v) is 4.24. The fraction of sp³-hybridized carbons (Fsp3) is 0.292. The number of benzene rings is 2. The predicted octanol–water partition coefficient (Wildman–Crippen LogP) is 5.01.